The second-order valence-corrected chi connectivity index (χ2v) is 6.50. The van der Waals surface area contributed by atoms with Crippen molar-refractivity contribution < 1.29 is 4.74 Å². The Morgan fingerprint density at radius 3 is 2.60 bits per heavy atom. The maximum Gasteiger partial charge on any atom is 0.119 e. The van der Waals surface area contributed by atoms with Crippen LogP contribution in [0.2, 0.25) is 0 Å². The van der Waals surface area contributed by atoms with E-state index in [0.29, 0.717) is 0 Å². The Labute approximate surface area is 130 Å². The molecule has 3 nitrogen and oxygen atoms in total. The zero-order valence-corrected chi connectivity index (χ0v) is 13.9. The Balaban J connectivity index is 1.48. The van der Waals surface area contributed by atoms with Gasteiger partial charge in [-0.1, -0.05) is 15.9 Å². The molecule has 1 N–H and O–H groups in total. The van der Waals surface area contributed by atoms with Crippen molar-refractivity contribution >= 4 is 15.9 Å². The van der Waals surface area contributed by atoms with Crippen molar-refractivity contribution in [2.24, 2.45) is 5.92 Å². The third kappa shape index (κ3) is 5.81. The lowest BCUT2D eigenvalue weighted by atomic mass is 9.94. The molecule has 0 spiro atoms. The van der Waals surface area contributed by atoms with Crippen molar-refractivity contribution in [2.45, 2.75) is 19.3 Å². The molecule has 0 aliphatic carbocycles. The molecule has 0 unspecified atom stereocenters. The highest BCUT2D eigenvalue weighted by atomic mass is 79.9. The van der Waals surface area contributed by atoms with Gasteiger partial charge in [0.25, 0.3) is 0 Å². The van der Waals surface area contributed by atoms with Gasteiger partial charge in [0.1, 0.15) is 12.4 Å². The van der Waals surface area contributed by atoms with Crippen molar-refractivity contribution in [3.8, 4) is 5.75 Å². The average molecular weight is 341 g/mol. The van der Waals surface area contributed by atoms with E-state index in [4.69, 9.17) is 4.74 Å². The smallest absolute Gasteiger partial charge is 0.119 e. The van der Waals surface area contributed by atoms with E-state index < -0.39 is 0 Å². The van der Waals surface area contributed by atoms with E-state index in [9.17, 15) is 0 Å². The fourth-order valence-electron chi connectivity index (χ4n) is 2.55. The summed E-state index contributed by atoms with van der Waals surface area (Å²) in [6.07, 6.45) is 4.01. The number of rotatable bonds is 7. The van der Waals surface area contributed by atoms with Gasteiger partial charge in [-0.3, -0.25) is 0 Å². The monoisotopic (exact) mass is 340 g/mol. The molecule has 0 amide bonds. The molecule has 1 aromatic carbocycles. The van der Waals surface area contributed by atoms with Gasteiger partial charge in [0.05, 0.1) is 0 Å². The molecule has 1 aliphatic rings. The number of ether oxygens (including phenoxy) is 1. The normalized spacial score (nSPS) is 17.3. The van der Waals surface area contributed by atoms with E-state index in [1.165, 1.54) is 32.4 Å². The predicted octanol–water partition coefficient (Wildman–Crippen LogP) is 3.15. The molecule has 0 atom stereocenters. The third-order valence-corrected chi connectivity index (χ3v) is 4.46. The molecule has 0 bridgehead atoms. The standard InChI is InChI=1S/C16H25BrN2O/c1-19-11-7-14(8-12-19)6-9-18-10-13-20-16-4-2-15(17)3-5-16/h2-5,14,18H,6-13H2,1H3. The van der Waals surface area contributed by atoms with Crippen LogP contribution in [0.5, 0.6) is 5.75 Å². The van der Waals surface area contributed by atoms with Crippen molar-refractivity contribution in [3.05, 3.63) is 28.7 Å². The van der Waals surface area contributed by atoms with E-state index in [-0.39, 0.29) is 0 Å². The molecule has 112 valence electrons. The van der Waals surface area contributed by atoms with Crippen molar-refractivity contribution in [1.29, 1.82) is 0 Å². The summed E-state index contributed by atoms with van der Waals surface area (Å²) < 4.78 is 6.76. The molecular formula is C16H25BrN2O. The van der Waals surface area contributed by atoms with E-state index in [2.05, 4.69) is 33.2 Å². The summed E-state index contributed by atoms with van der Waals surface area (Å²) in [5.74, 6) is 1.84. The van der Waals surface area contributed by atoms with E-state index in [1.807, 2.05) is 24.3 Å². The molecule has 1 heterocycles. The number of nitrogens with zero attached hydrogens (tertiary/aromatic N) is 1. The maximum atomic E-state index is 5.68. The summed E-state index contributed by atoms with van der Waals surface area (Å²) in [7, 11) is 2.22. The van der Waals surface area contributed by atoms with Gasteiger partial charge in [-0.2, -0.15) is 0 Å². The highest BCUT2D eigenvalue weighted by Crippen LogP contribution is 2.18. The van der Waals surface area contributed by atoms with Gasteiger partial charge in [-0.15, -0.1) is 0 Å². The number of hydrogen-bond donors (Lipinski definition) is 1. The molecule has 0 aromatic heterocycles. The second-order valence-electron chi connectivity index (χ2n) is 5.59. The number of halogens is 1. The molecule has 1 aliphatic heterocycles. The van der Waals surface area contributed by atoms with Crippen LogP contribution in [0.1, 0.15) is 19.3 Å². The predicted molar refractivity (Wildman–Crippen MR) is 87.3 cm³/mol. The second kappa shape index (κ2) is 8.65. The van der Waals surface area contributed by atoms with Crippen LogP contribution in [-0.2, 0) is 0 Å². The molecular weight excluding hydrogens is 316 g/mol. The average Bonchev–Trinajstić information content (AvgIpc) is 2.46. The molecule has 0 saturated carbocycles. The van der Waals surface area contributed by atoms with Crippen molar-refractivity contribution in [2.75, 3.05) is 39.8 Å². The Bertz CT molecular complexity index is 375. The number of likely N-dealkylation sites (tertiary alicyclic amines) is 1. The topological polar surface area (TPSA) is 24.5 Å². The lowest BCUT2D eigenvalue weighted by molar-refractivity contribution is 0.210. The van der Waals surface area contributed by atoms with E-state index in [0.717, 1.165) is 35.8 Å². The van der Waals surface area contributed by atoms with Crippen LogP contribution < -0.4 is 10.1 Å². The first-order chi connectivity index (χ1) is 9.74. The van der Waals surface area contributed by atoms with Crippen LogP contribution in [0.3, 0.4) is 0 Å². The summed E-state index contributed by atoms with van der Waals surface area (Å²) in [5, 5.41) is 3.48. The minimum atomic E-state index is 0.731. The maximum absolute atomic E-state index is 5.68. The van der Waals surface area contributed by atoms with Gasteiger partial charge in [0, 0.05) is 11.0 Å². The van der Waals surface area contributed by atoms with Gasteiger partial charge in [0.15, 0.2) is 0 Å². The first-order valence-corrected chi connectivity index (χ1v) is 8.31. The largest absolute Gasteiger partial charge is 0.492 e. The molecule has 20 heavy (non-hydrogen) atoms. The summed E-state index contributed by atoms with van der Waals surface area (Å²) in [4.78, 5) is 2.43. The quantitative estimate of drug-likeness (QED) is 0.771. The molecule has 4 heteroatoms. The van der Waals surface area contributed by atoms with Crippen LogP contribution >= 0.6 is 15.9 Å². The minimum absolute atomic E-state index is 0.731. The van der Waals surface area contributed by atoms with E-state index >= 15 is 0 Å². The molecule has 0 radical (unpaired) electrons. The summed E-state index contributed by atoms with van der Waals surface area (Å²) in [5.41, 5.74) is 0. The molecule has 1 fully saturated rings. The summed E-state index contributed by atoms with van der Waals surface area (Å²) >= 11 is 3.42. The van der Waals surface area contributed by atoms with Crippen molar-refractivity contribution in [3.63, 3.8) is 0 Å². The highest BCUT2D eigenvalue weighted by Gasteiger charge is 2.15. The highest BCUT2D eigenvalue weighted by molar-refractivity contribution is 9.10. The first-order valence-electron chi connectivity index (χ1n) is 7.51. The number of hydrogen-bond acceptors (Lipinski definition) is 3. The number of nitrogens with one attached hydrogen (secondary N) is 1. The van der Waals surface area contributed by atoms with Crippen molar-refractivity contribution in [1.82, 2.24) is 10.2 Å². The van der Waals surface area contributed by atoms with Gasteiger partial charge >= 0.3 is 0 Å². The van der Waals surface area contributed by atoms with Gasteiger partial charge in [-0.25, -0.2) is 0 Å². The van der Waals surface area contributed by atoms with E-state index in [1.54, 1.807) is 0 Å². The third-order valence-electron chi connectivity index (χ3n) is 3.93. The Morgan fingerprint density at radius 1 is 1.20 bits per heavy atom. The first kappa shape index (κ1) is 15.8. The Hall–Kier alpha value is -0.580. The lowest BCUT2D eigenvalue weighted by Gasteiger charge is -2.28. The zero-order valence-electron chi connectivity index (χ0n) is 12.3. The van der Waals surface area contributed by atoms with Gasteiger partial charge < -0.3 is 15.0 Å². The summed E-state index contributed by atoms with van der Waals surface area (Å²) in [6.45, 7) is 5.28. The molecule has 2 rings (SSSR count). The molecule has 1 aromatic rings. The Kier molecular flexibility index (Phi) is 6.83. The molecule has 1 saturated heterocycles. The SMILES string of the molecule is CN1CCC(CCNCCOc2ccc(Br)cc2)CC1. The van der Waals surface area contributed by atoms with Crippen LogP contribution in [0.15, 0.2) is 28.7 Å². The fourth-order valence-corrected chi connectivity index (χ4v) is 2.82. The van der Waals surface area contributed by atoms with Crippen LogP contribution in [-0.4, -0.2) is 44.7 Å². The minimum Gasteiger partial charge on any atom is -0.492 e. The van der Waals surface area contributed by atoms with Crippen LogP contribution in [0.4, 0.5) is 0 Å². The Morgan fingerprint density at radius 2 is 1.90 bits per heavy atom. The fraction of sp³-hybridized carbons (Fsp3) is 0.625. The summed E-state index contributed by atoms with van der Waals surface area (Å²) in [6, 6.07) is 7.98. The lowest BCUT2D eigenvalue weighted by Crippen LogP contribution is -2.32. The number of benzene rings is 1. The van der Waals surface area contributed by atoms with Gasteiger partial charge in [-0.05, 0) is 76.1 Å². The number of piperidine rings is 1. The van der Waals surface area contributed by atoms with Crippen LogP contribution in [0, 0.1) is 5.92 Å². The zero-order chi connectivity index (χ0) is 14.2. The van der Waals surface area contributed by atoms with Gasteiger partial charge in [0.2, 0.25) is 0 Å². The van der Waals surface area contributed by atoms with Crippen LogP contribution in [0.25, 0.3) is 0 Å².